The van der Waals surface area contributed by atoms with Crippen molar-refractivity contribution in [2.24, 2.45) is 0 Å². The van der Waals surface area contributed by atoms with Gasteiger partial charge in [0.25, 0.3) is 15.2 Å². The van der Waals surface area contributed by atoms with Crippen LogP contribution in [-0.2, 0) is 30.7 Å². The zero-order valence-corrected chi connectivity index (χ0v) is 25.0. The fourth-order valence-electron chi connectivity index (χ4n) is 0. The van der Waals surface area contributed by atoms with E-state index < -0.39 is 15.2 Å². The molecule has 0 N–H and O–H groups in total. The molecule has 0 amide bonds. The van der Waals surface area contributed by atoms with Crippen molar-refractivity contribution in [3.63, 3.8) is 0 Å². The smallest absolute Gasteiger partial charge is 0.277 e. The molecule has 0 bridgehead atoms. The molecule has 6 nitrogen and oxygen atoms in total. The van der Waals surface area contributed by atoms with E-state index in [0.29, 0.717) is 0 Å². The Morgan fingerprint density at radius 2 is 0.448 bits per heavy atom. The second-order valence-corrected chi connectivity index (χ2v) is 11.6. The fraction of sp³-hybridized carbons (Fsp3) is 0.400. The maximum atomic E-state index is 8.00. The first kappa shape index (κ1) is 48.0. The number of hydrogen-bond acceptors (Lipinski definition) is 6. The van der Waals surface area contributed by atoms with Crippen LogP contribution in [0.3, 0.4) is 0 Å². The Labute approximate surface area is 241 Å². The van der Waals surface area contributed by atoms with Crippen LogP contribution in [0.1, 0.15) is 0 Å². The van der Waals surface area contributed by atoms with Crippen LogP contribution in [-0.4, -0.2) is 28.7 Å². The Bertz CT molecular complexity index is 445. The average molecular weight is 821 g/mol. The second kappa shape index (κ2) is 27.5. The summed E-state index contributed by atoms with van der Waals surface area (Å²) < 4.78 is -6.94. The quantitative estimate of drug-likeness (QED) is 0.239. The number of carbonyl (C=O) groups is 2. The van der Waals surface area contributed by atoms with Crippen molar-refractivity contribution in [1.82, 2.24) is 0 Å². The van der Waals surface area contributed by atoms with Gasteiger partial charge in [0, 0.05) is 21.1 Å². The Morgan fingerprint density at radius 3 is 0.448 bits per heavy atom. The third-order valence-electron chi connectivity index (χ3n) is 0.507. The molecule has 166 valence electrons. The van der Waals surface area contributed by atoms with E-state index in [-0.39, 0.29) is 21.1 Å². The molecule has 0 saturated carbocycles. The molecule has 0 unspecified atom stereocenters. The van der Waals surface area contributed by atoms with Crippen molar-refractivity contribution in [2.45, 2.75) is 15.2 Å². The first-order valence-corrected chi connectivity index (χ1v) is 9.28. The molecule has 0 aliphatic heterocycles. The minimum atomic E-state index is -1.74. The SMILES string of the molecule is C=O.C=O.N#CC(Cl)(Cl)Cl.N#CC(Cl)(Cl)Cl.N#CC(Cl)(Cl)Cl.N#CC(Cl)(Cl)Cl.[W]. The predicted molar refractivity (Wildman–Crippen MR) is 118 cm³/mol. The van der Waals surface area contributed by atoms with E-state index in [1.807, 2.05) is 13.6 Å². The van der Waals surface area contributed by atoms with Crippen LogP contribution >= 0.6 is 139 Å². The zero-order chi connectivity index (χ0) is 24.8. The molecule has 0 saturated heterocycles. The third kappa shape index (κ3) is 123. The van der Waals surface area contributed by atoms with Crippen LogP contribution in [0.4, 0.5) is 0 Å². The molecule has 0 aliphatic carbocycles. The summed E-state index contributed by atoms with van der Waals surface area (Å²) in [5.41, 5.74) is 0. The van der Waals surface area contributed by atoms with Crippen LogP contribution in [0.5, 0.6) is 0 Å². The largest absolute Gasteiger partial charge is 0.307 e. The second-order valence-electron chi connectivity index (χ2n) is 2.44. The van der Waals surface area contributed by atoms with Crippen LogP contribution in [0.2, 0.25) is 0 Å². The summed E-state index contributed by atoms with van der Waals surface area (Å²) in [7, 11) is 0. The van der Waals surface area contributed by atoms with Crippen molar-refractivity contribution in [2.75, 3.05) is 0 Å². The number of rotatable bonds is 0. The Morgan fingerprint density at radius 1 is 0.414 bits per heavy atom. The van der Waals surface area contributed by atoms with Crippen LogP contribution < -0.4 is 0 Å². The van der Waals surface area contributed by atoms with E-state index in [1.54, 1.807) is 0 Å². The molecule has 0 aromatic carbocycles. The molecule has 0 rings (SSSR count). The summed E-state index contributed by atoms with van der Waals surface area (Å²) in [4.78, 5) is 16.0. The minimum absolute atomic E-state index is 0. The minimum Gasteiger partial charge on any atom is -0.307 e. The number of carbonyl (C=O) groups excluding carboxylic acids is 2. The monoisotopic (exact) mass is 816 g/mol. The van der Waals surface area contributed by atoms with E-state index in [0.717, 1.165) is 0 Å². The third-order valence-corrected chi connectivity index (χ3v) is 1.52. The van der Waals surface area contributed by atoms with E-state index in [2.05, 4.69) is 0 Å². The van der Waals surface area contributed by atoms with Crippen molar-refractivity contribution in [3.8, 4) is 24.3 Å². The topological polar surface area (TPSA) is 129 Å². The van der Waals surface area contributed by atoms with Gasteiger partial charge in [-0.15, -0.1) is 0 Å². The molecule has 0 aliphatic rings. The van der Waals surface area contributed by atoms with Gasteiger partial charge in [-0.3, -0.25) is 0 Å². The van der Waals surface area contributed by atoms with Gasteiger partial charge in [0.2, 0.25) is 0 Å². The molecular formula is C10H4Cl12N4O2W. The van der Waals surface area contributed by atoms with Crippen LogP contribution in [0, 0.1) is 45.3 Å². The van der Waals surface area contributed by atoms with Crippen molar-refractivity contribution < 1.29 is 30.7 Å². The molecular weight excluding hydrogens is 817 g/mol. The van der Waals surface area contributed by atoms with Gasteiger partial charge in [-0.05, 0) is 0 Å². The summed E-state index contributed by atoms with van der Waals surface area (Å²) >= 11 is 58.6. The summed E-state index contributed by atoms with van der Waals surface area (Å²) in [6.45, 7) is 4.00. The maximum Gasteiger partial charge on any atom is 0.277 e. The van der Waals surface area contributed by atoms with E-state index >= 15 is 0 Å². The molecule has 0 radical (unpaired) electrons. The average Bonchev–Trinajstić information content (AvgIpc) is 2.57. The van der Waals surface area contributed by atoms with Gasteiger partial charge in [-0.25, -0.2) is 0 Å². The van der Waals surface area contributed by atoms with Crippen molar-refractivity contribution >= 4 is 153 Å². The number of alkyl halides is 12. The summed E-state index contributed by atoms with van der Waals surface area (Å²) in [6.07, 6.45) is 0. The van der Waals surface area contributed by atoms with Crippen LogP contribution in [0.25, 0.3) is 0 Å². The van der Waals surface area contributed by atoms with Gasteiger partial charge in [0.1, 0.15) is 37.9 Å². The number of halogens is 12. The number of nitrogens with zero attached hydrogens (tertiary/aromatic N) is 4. The molecule has 0 spiro atoms. The standard InChI is InChI=1S/4C2Cl3N.2CH2O.W/c4*3-2(4,5)1-6;2*1-2;/h;;;;2*1H2;. The molecule has 0 atom stereocenters. The van der Waals surface area contributed by atoms with Gasteiger partial charge < -0.3 is 9.59 Å². The first-order valence-electron chi connectivity index (χ1n) is 4.74. The predicted octanol–water partition coefficient (Wildman–Crippen LogP) is 7.15. The molecule has 0 aromatic heterocycles. The molecule has 0 heterocycles. The Hall–Kier alpha value is 1.47. The molecule has 0 fully saturated rings. The van der Waals surface area contributed by atoms with Gasteiger partial charge >= 0.3 is 0 Å². The molecule has 0 aromatic rings. The maximum absolute atomic E-state index is 8.00. The van der Waals surface area contributed by atoms with Gasteiger partial charge in [-0.2, -0.15) is 21.0 Å². The zero-order valence-electron chi connectivity index (χ0n) is 13.0. The number of nitriles is 4. The summed E-state index contributed by atoms with van der Waals surface area (Å²) in [6, 6.07) is 5.60. The van der Waals surface area contributed by atoms with E-state index in [4.69, 9.17) is 170 Å². The van der Waals surface area contributed by atoms with Gasteiger partial charge in [0.15, 0.2) is 0 Å². The van der Waals surface area contributed by atoms with E-state index in [1.165, 1.54) is 24.3 Å². The molecule has 29 heavy (non-hydrogen) atoms. The first-order chi connectivity index (χ1) is 12.2. The van der Waals surface area contributed by atoms with Crippen molar-refractivity contribution in [3.05, 3.63) is 0 Å². The van der Waals surface area contributed by atoms with E-state index in [9.17, 15) is 0 Å². The van der Waals surface area contributed by atoms with Gasteiger partial charge in [0.05, 0.1) is 0 Å². The fourth-order valence-corrected chi connectivity index (χ4v) is 0. The van der Waals surface area contributed by atoms with Gasteiger partial charge in [-0.1, -0.05) is 139 Å². The Kier molecular flexibility index (Phi) is 45.6. The molecule has 19 heteroatoms. The normalized spacial score (nSPS) is 8.83. The summed E-state index contributed by atoms with van der Waals surface area (Å²) in [5, 5.41) is 31.0. The number of hydrogen-bond donors (Lipinski definition) is 0. The van der Waals surface area contributed by atoms with Crippen molar-refractivity contribution in [1.29, 1.82) is 21.0 Å². The summed E-state index contributed by atoms with van der Waals surface area (Å²) in [5.74, 6) is 0. The Balaban J connectivity index is -0.0000000415. The van der Waals surface area contributed by atoms with Crippen LogP contribution in [0.15, 0.2) is 0 Å².